The molecule has 0 radical (unpaired) electrons. The van der Waals surface area contributed by atoms with Crippen LogP contribution in [0.4, 0.5) is 0 Å². The van der Waals surface area contributed by atoms with Crippen LogP contribution >= 0.6 is 0 Å². The Bertz CT molecular complexity index is 230. The summed E-state index contributed by atoms with van der Waals surface area (Å²) in [5, 5.41) is 10.2. The molecular formula is C7H9NO3. The molecule has 60 valence electrons. The van der Waals surface area contributed by atoms with E-state index in [0.717, 1.165) is 5.76 Å². The number of nitro groups is 1. The van der Waals surface area contributed by atoms with Crippen molar-refractivity contribution >= 4 is 0 Å². The Morgan fingerprint density at radius 3 is 2.64 bits per heavy atom. The van der Waals surface area contributed by atoms with Crippen LogP contribution in [0.2, 0.25) is 0 Å². The van der Waals surface area contributed by atoms with Gasteiger partial charge in [-0.3, -0.25) is 10.1 Å². The van der Waals surface area contributed by atoms with E-state index in [-0.39, 0.29) is 10.6 Å². The molecule has 0 aromatic heterocycles. The molecule has 0 fully saturated rings. The molecule has 0 unspecified atom stereocenters. The SMILES string of the molecule is COC1=CC=C([N+](=O)[O-])CC1. The quantitative estimate of drug-likeness (QED) is 0.448. The molecule has 0 bridgehead atoms. The largest absolute Gasteiger partial charge is 0.501 e. The van der Waals surface area contributed by atoms with Gasteiger partial charge in [-0.05, 0) is 6.08 Å². The van der Waals surface area contributed by atoms with Gasteiger partial charge in [-0.15, -0.1) is 0 Å². The molecule has 4 heteroatoms. The van der Waals surface area contributed by atoms with Crippen molar-refractivity contribution in [2.75, 3.05) is 7.11 Å². The van der Waals surface area contributed by atoms with Crippen LogP contribution in [0.3, 0.4) is 0 Å². The third-order valence-corrected chi connectivity index (χ3v) is 1.59. The highest BCUT2D eigenvalue weighted by Crippen LogP contribution is 2.18. The summed E-state index contributed by atoms with van der Waals surface area (Å²) >= 11 is 0. The molecule has 0 saturated carbocycles. The fourth-order valence-electron chi connectivity index (χ4n) is 0.929. The first-order chi connectivity index (χ1) is 5.24. The molecule has 0 aromatic carbocycles. The molecule has 4 nitrogen and oxygen atoms in total. The summed E-state index contributed by atoms with van der Waals surface area (Å²) in [7, 11) is 1.57. The summed E-state index contributed by atoms with van der Waals surface area (Å²) in [6, 6.07) is 0. The minimum atomic E-state index is -0.358. The summed E-state index contributed by atoms with van der Waals surface area (Å²) < 4.78 is 4.91. The van der Waals surface area contributed by atoms with Crippen LogP contribution in [0.1, 0.15) is 12.8 Å². The van der Waals surface area contributed by atoms with Crippen molar-refractivity contribution in [3.8, 4) is 0 Å². The van der Waals surface area contributed by atoms with Crippen molar-refractivity contribution in [3.05, 3.63) is 33.7 Å². The van der Waals surface area contributed by atoms with E-state index in [9.17, 15) is 10.1 Å². The van der Waals surface area contributed by atoms with E-state index in [4.69, 9.17) is 4.74 Å². The second-order valence-electron chi connectivity index (χ2n) is 2.25. The first-order valence-electron chi connectivity index (χ1n) is 3.32. The van der Waals surface area contributed by atoms with Crippen LogP contribution in [-0.4, -0.2) is 12.0 Å². The number of allylic oxidation sites excluding steroid dienone is 4. The van der Waals surface area contributed by atoms with Gasteiger partial charge in [0.15, 0.2) is 0 Å². The van der Waals surface area contributed by atoms with Gasteiger partial charge < -0.3 is 4.74 Å². The zero-order valence-corrected chi connectivity index (χ0v) is 6.24. The predicted octanol–water partition coefficient (Wildman–Crippen LogP) is 1.47. The van der Waals surface area contributed by atoms with E-state index >= 15 is 0 Å². The van der Waals surface area contributed by atoms with E-state index in [0.29, 0.717) is 12.8 Å². The highest BCUT2D eigenvalue weighted by molar-refractivity contribution is 5.16. The molecule has 1 aliphatic rings. The summed E-state index contributed by atoms with van der Waals surface area (Å²) in [4.78, 5) is 9.86. The van der Waals surface area contributed by atoms with Gasteiger partial charge in [-0.1, -0.05) is 0 Å². The molecule has 0 spiro atoms. The summed E-state index contributed by atoms with van der Waals surface area (Å²) in [6.45, 7) is 0. The molecule has 0 aliphatic heterocycles. The van der Waals surface area contributed by atoms with Gasteiger partial charge in [0, 0.05) is 18.9 Å². The Labute approximate surface area is 64.3 Å². The molecular weight excluding hydrogens is 146 g/mol. The normalized spacial score (nSPS) is 16.8. The van der Waals surface area contributed by atoms with Crippen LogP contribution in [0.25, 0.3) is 0 Å². The van der Waals surface area contributed by atoms with Crippen molar-refractivity contribution in [1.82, 2.24) is 0 Å². The van der Waals surface area contributed by atoms with Gasteiger partial charge in [-0.2, -0.15) is 0 Å². The maximum atomic E-state index is 10.2. The minimum absolute atomic E-state index is 0.255. The molecule has 0 atom stereocenters. The molecule has 0 amide bonds. The molecule has 1 aliphatic carbocycles. The number of nitrogens with zero attached hydrogens (tertiary/aromatic N) is 1. The van der Waals surface area contributed by atoms with Crippen molar-refractivity contribution in [2.45, 2.75) is 12.8 Å². The maximum Gasteiger partial charge on any atom is 0.246 e. The zero-order valence-electron chi connectivity index (χ0n) is 6.24. The second-order valence-corrected chi connectivity index (χ2v) is 2.25. The Kier molecular flexibility index (Phi) is 2.25. The Morgan fingerprint density at radius 1 is 1.55 bits per heavy atom. The van der Waals surface area contributed by atoms with Crippen LogP contribution in [-0.2, 0) is 4.74 Å². The van der Waals surface area contributed by atoms with Crippen LogP contribution < -0.4 is 0 Å². The van der Waals surface area contributed by atoms with Gasteiger partial charge in [-0.25, -0.2) is 0 Å². The van der Waals surface area contributed by atoms with Crippen LogP contribution in [0.15, 0.2) is 23.6 Å². The van der Waals surface area contributed by atoms with Gasteiger partial charge in [0.1, 0.15) is 0 Å². The standard InChI is InChI=1S/C7H9NO3/c1-11-7-4-2-6(3-5-7)8(9)10/h2,4H,3,5H2,1H3. The average Bonchev–Trinajstić information content (AvgIpc) is 2.05. The molecule has 0 N–H and O–H groups in total. The lowest BCUT2D eigenvalue weighted by atomic mass is 10.1. The number of rotatable bonds is 2. The summed E-state index contributed by atoms with van der Waals surface area (Å²) in [5.41, 5.74) is 0.255. The first-order valence-corrected chi connectivity index (χ1v) is 3.32. The third kappa shape index (κ3) is 1.80. The van der Waals surface area contributed by atoms with Gasteiger partial charge in [0.2, 0.25) is 5.70 Å². The fraction of sp³-hybridized carbons (Fsp3) is 0.429. The number of methoxy groups -OCH3 is 1. The lowest BCUT2D eigenvalue weighted by molar-refractivity contribution is -0.428. The molecule has 0 heterocycles. The van der Waals surface area contributed by atoms with E-state index in [1.165, 1.54) is 6.08 Å². The summed E-state index contributed by atoms with van der Waals surface area (Å²) in [6.07, 6.45) is 4.22. The highest BCUT2D eigenvalue weighted by Gasteiger charge is 2.14. The molecule has 0 aromatic rings. The minimum Gasteiger partial charge on any atom is -0.501 e. The van der Waals surface area contributed by atoms with Crippen molar-refractivity contribution in [2.24, 2.45) is 0 Å². The van der Waals surface area contributed by atoms with Crippen LogP contribution in [0, 0.1) is 10.1 Å². The molecule has 11 heavy (non-hydrogen) atoms. The average molecular weight is 155 g/mol. The number of hydrogen-bond acceptors (Lipinski definition) is 3. The fourth-order valence-corrected chi connectivity index (χ4v) is 0.929. The van der Waals surface area contributed by atoms with E-state index in [1.807, 2.05) is 0 Å². The monoisotopic (exact) mass is 155 g/mol. The molecule has 1 rings (SSSR count). The first kappa shape index (κ1) is 7.78. The highest BCUT2D eigenvalue weighted by atomic mass is 16.6. The maximum absolute atomic E-state index is 10.2. The number of hydrogen-bond donors (Lipinski definition) is 0. The van der Waals surface area contributed by atoms with Gasteiger partial charge in [0.05, 0.1) is 17.8 Å². The summed E-state index contributed by atoms with van der Waals surface area (Å²) in [5.74, 6) is 0.801. The predicted molar refractivity (Wildman–Crippen MR) is 39.4 cm³/mol. The third-order valence-electron chi connectivity index (χ3n) is 1.59. The zero-order chi connectivity index (χ0) is 8.27. The van der Waals surface area contributed by atoms with Crippen molar-refractivity contribution < 1.29 is 9.66 Å². The van der Waals surface area contributed by atoms with E-state index < -0.39 is 0 Å². The van der Waals surface area contributed by atoms with Crippen molar-refractivity contribution in [1.29, 1.82) is 0 Å². The lowest BCUT2D eigenvalue weighted by Crippen LogP contribution is -2.03. The van der Waals surface area contributed by atoms with Crippen molar-refractivity contribution in [3.63, 3.8) is 0 Å². The van der Waals surface area contributed by atoms with Crippen LogP contribution in [0.5, 0.6) is 0 Å². The Hall–Kier alpha value is -1.32. The Morgan fingerprint density at radius 2 is 2.27 bits per heavy atom. The Balaban J connectivity index is 2.69. The number of ether oxygens (including phenoxy) is 1. The smallest absolute Gasteiger partial charge is 0.246 e. The van der Waals surface area contributed by atoms with E-state index in [1.54, 1.807) is 13.2 Å². The van der Waals surface area contributed by atoms with Gasteiger partial charge in [0.25, 0.3) is 0 Å². The van der Waals surface area contributed by atoms with E-state index in [2.05, 4.69) is 0 Å². The topological polar surface area (TPSA) is 52.4 Å². The molecule has 0 saturated heterocycles. The van der Waals surface area contributed by atoms with Gasteiger partial charge >= 0.3 is 0 Å². The lowest BCUT2D eigenvalue weighted by Gasteiger charge is -2.07. The second kappa shape index (κ2) is 3.18.